The molecular weight excluding hydrogens is 224 g/mol. The third-order valence-corrected chi connectivity index (χ3v) is 3.32. The number of hydrogen-bond donors (Lipinski definition) is 2. The van der Waals surface area contributed by atoms with Gasteiger partial charge in [0.25, 0.3) is 0 Å². The largest absolute Gasteiger partial charge is 0.480 e. The molecule has 0 radical (unpaired) electrons. The van der Waals surface area contributed by atoms with Crippen molar-refractivity contribution in [3.63, 3.8) is 0 Å². The van der Waals surface area contributed by atoms with E-state index in [4.69, 9.17) is 9.84 Å². The van der Waals surface area contributed by atoms with Gasteiger partial charge in [-0.2, -0.15) is 0 Å². The Labute approximate surface area is 101 Å². The van der Waals surface area contributed by atoms with Crippen molar-refractivity contribution in [2.45, 2.75) is 44.4 Å². The molecular formula is C11H20N2O4. The minimum atomic E-state index is -1.02. The third-order valence-electron chi connectivity index (χ3n) is 3.32. The van der Waals surface area contributed by atoms with E-state index in [0.717, 1.165) is 19.3 Å². The van der Waals surface area contributed by atoms with E-state index in [-0.39, 0.29) is 18.2 Å². The van der Waals surface area contributed by atoms with Gasteiger partial charge in [-0.3, -0.25) is 0 Å². The quantitative estimate of drug-likeness (QED) is 0.761. The molecule has 1 fully saturated rings. The normalized spacial score (nSPS) is 25.4. The first-order valence-electron chi connectivity index (χ1n) is 5.76. The zero-order valence-corrected chi connectivity index (χ0v) is 10.5. The molecule has 3 unspecified atom stereocenters. The Morgan fingerprint density at radius 2 is 2.12 bits per heavy atom. The van der Waals surface area contributed by atoms with Crippen LogP contribution in [0.3, 0.4) is 0 Å². The standard InChI is InChI=1S/C11H20N2O4/c1-7(10(14)15)13(2)11(16)12-8-5-4-6-9(8)17-3/h7-9H,4-6H2,1-3H3,(H,12,16)(H,14,15). The molecule has 0 aromatic rings. The summed E-state index contributed by atoms with van der Waals surface area (Å²) in [6.07, 6.45) is 2.85. The number of carbonyl (C=O) groups is 2. The molecule has 17 heavy (non-hydrogen) atoms. The average molecular weight is 244 g/mol. The molecule has 1 aliphatic rings. The highest BCUT2D eigenvalue weighted by Gasteiger charge is 2.30. The molecule has 0 saturated heterocycles. The van der Waals surface area contributed by atoms with E-state index in [1.165, 1.54) is 18.9 Å². The van der Waals surface area contributed by atoms with Crippen LogP contribution in [-0.4, -0.2) is 54.4 Å². The number of carboxylic acid groups (broad SMARTS) is 1. The van der Waals surface area contributed by atoms with E-state index in [1.54, 1.807) is 7.11 Å². The second kappa shape index (κ2) is 5.86. The van der Waals surface area contributed by atoms with Gasteiger partial charge < -0.3 is 20.1 Å². The summed E-state index contributed by atoms with van der Waals surface area (Å²) < 4.78 is 5.26. The van der Waals surface area contributed by atoms with Crippen LogP contribution >= 0.6 is 0 Å². The van der Waals surface area contributed by atoms with Gasteiger partial charge in [0.1, 0.15) is 6.04 Å². The number of nitrogens with one attached hydrogen (secondary N) is 1. The van der Waals surface area contributed by atoms with Gasteiger partial charge in [-0.1, -0.05) is 0 Å². The predicted molar refractivity (Wildman–Crippen MR) is 61.8 cm³/mol. The number of carboxylic acids is 1. The second-order valence-corrected chi connectivity index (χ2v) is 4.39. The molecule has 0 aliphatic heterocycles. The Kier molecular flexibility index (Phi) is 4.74. The van der Waals surface area contributed by atoms with Crippen LogP contribution in [-0.2, 0) is 9.53 Å². The van der Waals surface area contributed by atoms with Crippen LogP contribution in [0.25, 0.3) is 0 Å². The number of aliphatic carboxylic acids is 1. The van der Waals surface area contributed by atoms with Crippen molar-refractivity contribution >= 4 is 12.0 Å². The van der Waals surface area contributed by atoms with Gasteiger partial charge in [-0.05, 0) is 26.2 Å². The summed E-state index contributed by atoms with van der Waals surface area (Å²) in [5, 5.41) is 11.6. The summed E-state index contributed by atoms with van der Waals surface area (Å²) in [7, 11) is 3.10. The predicted octanol–water partition coefficient (Wildman–Crippen LogP) is 0.668. The summed E-state index contributed by atoms with van der Waals surface area (Å²) >= 11 is 0. The molecule has 0 aromatic carbocycles. The summed E-state index contributed by atoms with van der Waals surface area (Å²) in [5.41, 5.74) is 0. The fourth-order valence-electron chi connectivity index (χ4n) is 1.98. The molecule has 0 bridgehead atoms. The number of rotatable bonds is 4. The first-order chi connectivity index (χ1) is 7.97. The number of hydrogen-bond acceptors (Lipinski definition) is 3. The van der Waals surface area contributed by atoms with E-state index in [0.29, 0.717) is 0 Å². The molecule has 2 amide bonds. The van der Waals surface area contributed by atoms with E-state index in [9.17, 15) is 9.59 Å². The molecule has 1 rings (SSSR count). The highest BCUT2D eigenvalue weighted by molar-refractivity contribution is 5.82. The van der Waals surface area contributed by atoms with Gasteiger partial charge in [-0.25, -0.2) is 9.59 Å². The van der Waals surface area contributed by atoms with E-state index < -0.39 is 12.0 Å². The SMILES string of the molecule is COC1CCCC1NC(=O)N(C)C(C)C(=O)O. The molecule has 98 valence electrons. The maximum Gasteiger partial charge on any atom is 0.326 e. The lowest BCUT2D eigenvalue weighted by Crippen LogP contribution is -2.50. The van der Waals surface area contributed by atoms with Crippen LogP contribution in [0.15, 0.2) is 0 Å². The zero-order chi connectivity index (χ0) is 13.0. The Hall–Kier alpha value is -1.30. The molecule has 0 heterocycles. The van der Waals surface area contributed by atoms with Gasteiger partial charge in [0.05, 0.1) is 12.1 Å². The Morgan fingerprint density at radius 3 is 2.65 bits per heavy atom. The van der Waals surface area contributed by atoms with Crippen LogP contribution in [0.1, 0.15) is 26.2 Å². The van der Waals surface area contributed by atoms with Crippen LogP contribution < -0.4 is 5.32 Å². The molecule has 1 saturated carbocycles. The summed E-state index contributed by atoms with van der Waals surface area (Å²) in [5.74, 6) is -1.02. The monoisotopic (exact) mass is 244 g/mol. The topological polar surface area (TPSA) is 78.9 Å². The molecule has 0 spiro atoms. The lowest BCUT2D eigenvalue weighted by Gasteiger charge is -2.26. The van der Waals surface area contributed by atoms with E-state index in [2.05, 4.69) is 5.32 Å². The highest BCUT2D eigenvalue weighted by atomic mass is 16.5. The maximum absolute atomic E-state index is 11.8. The first-order valence-corrected chi connectivity index (χ1v) is 5.76. The lowest BCUT2D eigenvalue weighted by molar-refractivity contribution is -0.141. The van der Waals surface area contributed by atoms with Gasteiger partial charge in [-0.15, -0.1) is 0 Å². The highest BCUT2D eigenvalue weighted by Crippen LogP contribution is 2.21. The number of nitrogens with zero attached hydrogens (tertiary/aromatic N) is 1. The van der Waals surface area contributed by atoms with Crippen molar-refractivity contribution in [2.75, 3.05) is 14.2 Å². The minimum Gasteiger partial charge on any atom is -0.480 e. The lowest BCUT2D eigenvalue weighted by atomic mass is 10.2. The van der Waals surface area contributed by atoms with Crippen molar-refractivity contribution in [3.8, 4) is 0 Å². The fraction of sp³-hybridized carbons (Fsp3) is 0.818. The third kappa shape index (κ3) is 3.33. The summed E-state index contributed by atoms with van der Waals surface area (Å²) in [6.45, 7) is 1.48. The number of likely N-dealkylation sites (N-methyl/N-ethyl adjacent to an activating group) is 1. The molecule has 6 nitrogen and oxygen atoms in total. The minimum absolute atomic E-state index is 0.0176. The molecule has 6 heteroatoms. The molecule has 0 aromatic heterocycles. The Balaban J connectivity index is 2.51. The van der Waals surface area contributed by atoms with Gasteiger partial charge in [0.15, 0.2) is 0 Å². The van der Waals surface area contributed by atoms with Crippen LogP contribution in [0.5, 0.6) is 0 Å². The number of methoxy groups -OCH3 is 1. The van der Waals surface area contributed by atoms with Crippen LogP contribution in [0.2, 0.25) is 0 Å². The van der Waals surface area contributed by atoms with Crippen LogP contribution in [0.4, 0.5) is 4.79 Å². The van der Waals surface area contributed by atoms with Gasteiger partial charge in [0.2, 0.25) is 0 Å². The molecule has 1 aliphatic carbocycles. The summed E-state index contributed by atoms with van der Waals surface area (Å²) in [6, 6.07) is -1.22. The van der Waals surface area contributed by atoms with Crippen molar-refractivity contribution in [1.82, 2.24) is 10.2 Å². The number of carbonyl (C=O) groups excluding carboxylic acids is 1. The van der Waals surface area contributed by atoms with Gasteiger partial charge >= 0.3 is 12.0 Å². The average Bonchev–Trinajstić information content (AvgIpc) is 2.73. The number of ether oxygens (including phenoxy) is 1. The van der Waals surface area contributed by atoms with Crippen molar-refractivity contribution in [2.24, 2.45) is 0 Å². The first kappa shape index (κ1) is 13.8. The maximum atomic E-state index is 11.8. The summed E-state index contributed by atoms with van der Waals surface area (Å²) in [4.78, 5) is 23.7. The van der Waals surface area contributed by atoms with Crippen molar-refractivity contribution in [3.05, 3.63) is 0 Å². The number of amides is 2. The Morgan fingerprint density at radius 1 is 1.47 bits per heavy atom. The van der Waals surface area contributed by atoms with E-state index in [1.807, 2.05) is 0 Å². The smallest absolute Gasteiger partial charge is 0.326 e. The van der Waals surface area contributed by atoms with Gasteiger partial charge in [0, 0.05) is 14.2 Å². The van der Waals surface area contributed by atoms with Crippen molar-refractivity contribution in [1.29, 1.82) is 0 Å². The molecule has 3 atom stereocenters. The van der Waals surface area contributed by atoms with Crippen molar-refractivity contribution < 1.29 is 19.4 Å². The second-order valence-electron chi connectivity index (χ2n) is 4.39. The van der Waals surface area contributed by atoms with E-state index >= 15 is 0 Å². The Bertz CT molecular complexity index is 295. The van der Waals surface area contributed by atoms with Crippen LogP contribution in [0, 0.1) is 0 Å². The molecule has 2 N–H and O–H groups in total. The zero-order valence-electron chi connectivity index (χ0n) is 10.5. The fourth-order valence-corrected chi connectivity index (χ4v) is 1.98. The number of urea groups is 1.